The van der Waals surface area contributed by atoms with Gasteiger partial charge in [0.1, 0.15) is 5.75 Å². The van der Waals surface area contributed by atoms with E-state index in [0.29, 0.717) is 11.8 Å². The highest BCUT2D eigenvalue weighted by Gasteiger charge is 2.28. The van der Waals surface area contributed by atoms with Crippen LogP contribution < -0.4 is 10.3 Å². The zero-order chi connectivity index (χ0) is 19.7. The first-order valence-electron chi connectivity index (χ1n) is 10.1. The molecular weight excluding hydrogens is 350 g/mol. The van der Waals surface area contributed by atoms with E-state index in [1.165, 1.54) is 5.56 Å². The summed E-state index contributed by atoms with van der Waals surface area (Å²) in [7, 11) is 0. The highest BCUT2D eigenvalue weighted by molar-refractivity contribution is 5.78. The third kappa shape index (κ3) is 3.69. The number of hydrogen-bond acceptors (Lipinski definition) is 3. The number of rotatable bonds is 4. The van der Waals surface area contributed by atoms with Crippen molar-refractivity contribution in [2.45, 2.75) is 51.4 Å². The molecular formula is C24H27NO3. The van der Waals surface area contributed by atoms with Crippen molar-refractivity contribution in [3.63, 3.8) is 0 Å². The van der Waals surface area contributed by atoms with Crippen LogP contribution in [0.2, 0.25) is 0 Å². The van der Waals surface area contributed by atoms with E-state index in [1.807, 2.05) is 49.4 Å². The molecule has 4 rings (SSSR count). The summed E-state index contributed by atoms with van der Waals surface area (Å²) in [6.07, 6.45) is 2.07. The van der Waals surface area contributed by atoms with Crippen LogP contribution in [0.15, 0.2) is 65.5 Å². The van der Waals surface area contributed by atoms with Crippen molar-refractivity contribution in [3.05, 3.63) is 76.6 Å². The van der Waals surface area contributed by atoms with Crippen molar-refractivity contribution >= 4 is 10.9 Å². The van der Waals surface area contributed by atoms with Gasteiger partial charge in [0.05, 0.1) is 11.6 Å². The van der Waals surface area contributed by atoms with Crippen LogP contribution in [0.5, 0.6) is 5.75 Å². The van der Waals surface area contributed by atoms with Gasteiger partial charge in [-0.1, -0.05) is 37.3 Å². The molecule has 0 bridgehead atoms. The molecule has 3 aromatic rings. The maximum Gasteiger partial charge on any atom is 0.253 e. The summed E-state index contributed by atoms with van der Waals surface area (Å²) >= 11 is 0. The molecule has 28 heavy (non-hydrogen) atoms. The van der Waals surface area contributed by atoms with Crippen molar-refractivity contribution in [1.29, 1.82) is 0 Å². The van der Waals surface area contributed by atoms with Gasteiger partial charge in [-0.15, -0.1) is 0 Å². The summed E-state index contributed by atoms with van der Waals surface area (Å²) in [6.45, 7) is 4.15. The van der Waals surface area contributed by atoms with Crippen molar-refractivity contribution in [3.8, 4) is 5.75 Å². The van der Waals surface area contributed by atoms with Gasteiger partial charge >= 0.3 is 0 Å². The molecule has 4 heteroatoms. The number of aliphatic hydroxyl groups excluding tert-OH is 1. The summed E-state index contributed by atoms with van der Waals surface area (Å²) in [6, 6.07) is 19.4. The molecule has 1 saturated carbocycles. The Kier molecular flexibility index (Phi) is 5.23. The standard InChI is InChI=1S/C24H27NO3/c1-16-10-12-20(26)15-22(16)19-7-5-8-21(14-19)28-17(2)25-23-9-4-3-6-18(23)11-13-24(25)27/h3-9,11,13-14,16-17,20,22,26H,10,12,15H2,1-2H3. The van der Waals surface area contributed by atoms with E-state index >= 15 is 0 Å². The van der Waals surface area contributed by atoms with Crippen LogP contribution >= 0.6 is 0 Å². The van der Waals surface area contributed by atoms with Crippen LogP contribution in [-0.4, -0.2) is 15.8 Å². The number of nitrogens with zero attached hydrogens (tertiary/aromatic N) is 1. The Hall–Kier alpha value is -2.59. The summed E-state index contributed by atoms with van der Waals surface area (Å²) < 4.78 is 7.87. The largest absolute Gasteiger partial charge is 0.470 e. The van der Waals surface area contributed by atoms with Crippen LogP contribution in [0.3, 0.4) is 0 Å². The number of benzene rings is 2. The Bertz CT molecular complexity index is 1030. The van der Waals surface area contributed by atoms with Gasteiger partial charge in [0, 0.05) is 6.07 Å². The lowest BCUT2D eigenvalue weighted by Gasteiger charge is -2.32. The lowest BCUT2D eigenvalue weighted by Crippen LogP contribution is -2.26. The van der Waals surface area contributed by atoms with Gasteiger partial charge in [0.2, 0.25) is 0 Å². The number of aliphatic hydroxyl groups is 1. The van der Waals surface area contributed by atoms with Crippen molar-refractivity contribution in [1.82, 2.24) is 4.57 Å². The Balaban J connectivity index is 1.62. The third-order valence-corrected chi connectivity index (χ3v) is 5.96. The number of pyridine rings is 1. The first-order valence-corrected chi connectivity index (χ1v) is 10.1. The lowest BCUT2D eigenvalue weighted by atomic mass is 9.75. The Labute approximate surface area is 165 Å². The van der Waals surface area contributed by atoms with Gasteiger partial charge in [-0.05, 0) is 73.2 Å². The average Bonchev–Trinajstić information content (AvgIpc) is 2.69. The van der Waals surface area contributed by atoms with E-state index in [4.69, 9.17) is 4.74 Å². The summed E-state index contributed by atoms with van der Waals surface area (Å²) in [5, 5.41) is 11.1. The molecule has 4 nitrogen and oxygen atoms in total. The van der Waals surface area contributed by atoms with Gasteiger partial charge in [0.15, 0.2) is 6.23 Å². The lowest BCUT2D eigenvalue weighted by molar-refractivity contribution is 0.0979. The van der Waals surface area contributed by atoms with Crippen molar-refractivity contribution in [2.75, 3.05) is 0 Å². The highest BCUT2D eigenvalue weighted by Crippen LogP contribution is 2.38. The van der Waals surface area contributed by atoms with Gasteiger partial charge in [-0.25, -0.2) is 0 Å². The zero-order valence-electron chi connectivity index (χ0n) is 16.4. The number of aromatic nitrogens is 1. The third-order valence-electron chi connectivity index (χ3n) is 5.96. The second kappa shape index (κ2) is 7.80. The fraction of sp³-hybridized carbons (Fsp3) is 0.375. The van der Waals surface area contributed by atoms with E-state index in [-0.39, 0.29) is 11.7 Å². The molecule has 4 unspecified atom stereocenters. The van der Waals surface area contributed by atoms with Gasteiger partial charge in [-0.2, -0.15) is 0 Å². The van der Waals surface area contributed by atoms with Crippen molar-refractivity contribution in [2.24, 2.45) is 5.92 Å². The quantitative estimate of drug-likeness (QED) is 0.706. The molecule has 1 aliphatic carbocycles. The minimum absolute atomic E-state index is 0.0774. The molecule has 146 valence electrons. The van der Waals surface area contributed by atoms with Crippen LogP contribution in [0.4, 0.5) is 0 Å². The Morgan fingerprint density at radius 3 is 2.75 bits per heavy atom. The molecule has 1 N–H and O–H groups in total. The number of ether oxygens (including phenoxy) is 1. The molecule has 2 aromatic carbocycles. The fourth-order valence-corrected chi connectivity index (χ4v) is 4.42. The Morgan fingerprint density at radius 1 is 1.07 bits per heavy atom. The van der Waals surface area contributed by atoms with E-state index in [2.05, 4.69) is 19.1 Å². The van der Waals surface area contributed by atoms with E-state index in [0.717, 1.165) is 35.9 Å². The first-order chi connectivity index (χ1) is 13.5. The van der Waals surface area contributed by atoms with E-state index in [1.54, 1.807) is 10.6 Å². The maximum absolute atomic E-state index is 12.5. The summed E-state index contributed by atoms with van der Waals surface area (Å²) in [4.78, 5) is 12.5. The monoisotopic (exact) mass is 377 g/mol. The number of hydrogen-bond donors (Lipinski definition) is 1. The van der Waals surface area contributed by atoms with Gasteiger partial charge in [-0.3, -0.25) is 9.36 Å². The smallest absolute Gasteiger partial charge is 0.253 e. The van der Waals surface area contributed by atoms with Crippen LogP contribution in [-0.2, 0) is 0 Å². The van der Waals surface area contributed by atoms with Crippen LogP contribution in [0, 0.1) is 5.92 Å². The molecule has 0 spiro atoms. The van der Waals surface area contributed by atoms with Crippen LogP contribution in [0.25, 0.3) is 10.9 Å². The predicted octanol–water partition coefficient (Wildman–Crippen LogP) is 4.86. The molecule has 1 aliphatic rings. The normalized spacial score (nSPS) is 23.5. The highest BCUT2D eigenvalue weighted by atomic mass is 16.5. The molecule has 1 heterocycles. The first kappa shape index (κ1) is 18.8. The fourth-order valence-electron chi connectivity index (χ4n) is 4.42. The molecule has 0 saturated heterocycles. The topological polar surface area (TPSA) is 51.5 Å². The number of para-hydroxylation sites is 1. The minimum Gasteiger partial charge on any atom is -0.470 e. The van der Waals surface area contributed by atoms with Gasteiger partial charge < -0.3 is 9.84 Å². The van der Waals surface area contributed by atoms with Crippen LogP contribution in [0.1, 0.15) is 50.8 Å². The number of fused-ring (bicyclic) bond motifs is 1. The zero-order valence-corrected chi connectivity index (χ0v) is 16.4. The predicted molar refractivity (Wildman–Crippen MR) is 112 cm³/mol. The second-order valence-corrected chi connectivity index (χ2v) is 7.94. The molecule has 1 aromatic heterocycles. The van der Waals surface area contributed by atoms with E-state index < -0.39 is 6.23 Å². The minimum atomic E-state index is -0.428. The second-order valence-electron chi connectivity index (χ2n) is 7.94. The molecule has 1 fully saturated rings. The van der Waals surface area contributed by atoms with Crippen molar-refractivity contribution < 1.29 is 9.84 Å². The maximum atomic E-state index is 12.5. The van der Waals surface area contributed by atoms with Gasteiger partial charge in [0.25, 0.3) is 5.56 Å². The average molecular weight is 377 g/mol. The molecule has 0 radical (unpaired) electrons. The Morgan fingerprint density at radius 2 is 1.89 bits per heavy atom. The van der Waals surface area contributed by atoms with E-state index in [9.17, 15) is 9.90 Å². The molecule has 4 atom stereocenters. The summed E-state index contributed by atoms with van der Waals surface area (Å²) in [5.41, 5.74) is 1.98. The summed E-state index contributed by atoms with van der Waals surface area (Å²) in [5.74, 6) is 1.62. The molecule has 0 amide bonds. The molecule has 0 aliphatic heterocycles. The SMILES string of the molecule is CC1CCC(O)CC1c1cccc(OC(C)n2c(=O)ccc3ccccc32)c1.